The van der Waals surface area contributed by atoms with E-state index in [9.17, 15) is 4.39 Å². The lowest BCUT2D eigenvalue weighted by Crippen LogP contribution is -2.49. The summed E-state index contributed by atoms with van der Waals surface area (Å²) in [6.07, 6.45) is 19.2. The van der Waals surface area contributed by atoms with Crippen LogP contribution in [0.3, 0.4) is 0 Å². The van der Waals surface area contributed by atoms with Crippen LogP contribution >= 0.6 is 11.8 Å². The van der Waals surface area contributed by atoms with E-state index in [0.29, 0.717) is 18.9 Å². The second-order valence-electron chi connectivity index (χ2n) is 11.5. The molecular weight excluding hydrogens is 555 g/mol. The Bertz CT molecular complexity index is 1090. The molecule has 2 atom stereocenters. The first-order valence-electron chi connectivity index (χ1n) is 15.9. The quantitative estimate of drug-likeness (QED) is 0.132. The topological polar surface area (TPSA) is 37.4 Å². The fourth-order valence-corrected chi connectivity index (χ4v) is 6.00. The number of thioether (sulfide) groups is 1. The Morgan fingerprint density at radius 1 is 1.23 bits per heavy atom. The minimum atomic E-state index is -0.170. The van der Waals surface area contributed by atoms with Gasteiger partial charge < -0.3 is 20.1 Å². The van der Waals surface area contributed by atoms with Gasteiger partial charge in [-0.25, -0.2) is 14.4 Å². The van der Waals surface area contributed by atoms with Crippen LogP contribution in [0.25, 0.3) is 0 Å². The molecule has 1 heterocycles. The second-order valence-corrected chi connectivity index (χ2v) is 12.4. The summed E-state index contributed by atoms with van der Waals surface area (Å²) in [6, 6.07) is 0.505. The molecule has 0 spiro atoms. The van der Waals surface area contributed by atoms with Gasteiger partial charge in [0.2, 0.25) is 5.96 Å². The molecule has 0 radical (unpaired) electrons. The van der Waals surface area contributed by atoms with Gasteiger partial charge in [-0.2, -0.15) is 0 Å². The van der Waals surface area contributed by atoms with Crippen molar-refractivity contribution >= 4 is 17.7 Å². The van der Waals surface area contributed by atoms with E-state index in [1.165, 1.54) is 24.8 Å². The monoisotopic (exact) mass is 612 g/mol. The van der Waals surface area contributed by atoms with E-state index in [4.69, 9.17) is 4.99 Å². The zero-order valence-corrected chi connectivity index (χ0v) is 28.7. The lowest BCUT2D eigenvalue weighted by atomic mass is 10.0. The van der Waals surface area contributed by atoms with Gasteiger partial charge in [0.05, 0.1) is 6.04 Å². The molecule has 240 valence electrons. The number of hydrazine groups is 1. The van der Waals surface area contributed by atoms with Crippen LogP contribution in [0.15, 0.2) is 88.5 Å². The minimum Gasteiger partial charge on any atom is -0.377 e. The van der Waals surface area contributed by atoms with Crippen molar-refractivity contribution in [1.29, 1.82) is 0 Å². The first kappa shape index (κ1) is 36.5. The SMILES string of the molecule is C=C(CS/C=C\CC)C(=C)NC1CN(C)C(N(C)C(CC)CCCC)=NC=C1CCN(C)N(C)/C1=C/C/C=C(F)\C=C/C1. The molecule has 1 aliphatic heterocycles. The Kier molecular flexibility index (Phi) is 16.6. The summed E-state index contributed by atoms with van der Waals surface area (Å²) < 4.78 is 13.6. The van der Waals surface area contributed by atoms with Gasteiger partial charge in [-0.15, -0.1) is 11.8 Å². The Morgan fingerprint density at radius 3 is 2.70 bits per heavy atom. The number of halogens is 1. The van der Waals surface area contributed by atoms with E-state index in [1.54, 1.807) is 23.9 Å². The number of likely N-dealkylation sites (N-methyl/N-ethyl adjacent to an activating group) is 1. The fourth-order valence-electron chi connectivity index (χ4n) is 5.20. The third kappa shape index (κ3) is 12.1. The molecule has 0 amide bonds. The normalized spacial score (nSPS) is 21.4. The third-order valence-corrected chi connectivity index (χ3v) is 9.10. The highest BCUT2D eigenvalue weighted by atomic mass is 32.2. The zero-order chi connectivity index (χ0) is 31.8. The van der Waals surface area contributed by atoms with Crippen molar-refractivity contribution in [1.82, 2.24) is 25.1 Å². The third-order valence-electron chi connectivity index (χ3n) is 8.20. The van der Waals surface area contributed by atoms with Crippen molar-refractivity contribution in [3.05, 3.63) is 83.5 Å². The molecule has 0 aromatic heterocycles. The predicted octanol–water partition coefficient (Wildman–Crippen LogP) is 8.01. The van der Waals surface area contributed by atoms with E-state index in [2.05, 4.69) is 111 Å². The van der Waals surface area contributed by atoms with Gasteiger partial charge in [0, 0.05) is 77.1 Å². The molecule has 2 rings (SSSR count). The number of hydrogen-bond acceptors (Lipinski definition) is 7. The lowest BCUT2D eigenvalue weighted by molar-refractivity contribution is 0.0630. The van der Waals surface area contributed by atoms with E-state index in [-0.39, 0.29) is 11.9 Å². The number of hydrogen-bond donors (Lipinski definition) is 1. The predicted molar refractivity (Wildman–Crippen MR) is 187 cm³/mol. The van der Waals surface area contributed by atoms with Crippen LogP contribution in [0.1, 0.15) is 72.1 Å². The molecule has 0 aromatic rings. The summed E-state index contributed by atoms with van der Waals surface area (Å²) in [5.74, 6) is 1.64. The zero-order valence-electron chi connectivity index (χ0n) is 27.9. The van der Waals surface area contributed by atoms with Crippen LogP contribution in [0.4, 0.5) is 4.39 Å². The summed E-state index contributed by atoms with van der Waals surface area (Å²) in [5, 5.41) is 10.3. The Hall–Kier alpha value is -2.71. The van der Waals surface area contributed by atoms with Gasteiger partial charge in [0.1, 0.15) is 5.83 Å². The lowest BCUT2D eigenvalue weighted by Gasteiger charge is -2.36. The van der Waals surface area contributed by atoms with Crippen LogP contribution in [-0.4, -0.2) is 84.9 Å². The van der Waals surface area contributed by atoms with E-state index >= 15 is 0 Å². The van der Waals surface area contributed by atoms with Crippen LogP contribution in [0.5, 0.6) is 0 Å². The Labute approximate surface area is 266 Å². The van der Waals surface area contributed by atoms with Crippen LogP contribution in [0, 0.1) is 0 Å². The number of nitrogens with one attached hydrogen (secondary N) is 1. The number of nitrogens with zero attached hydrogens (tertiary/aromatic N) is 5. The average molecular weight is 613 g/mol. The van der Waals surface area contributed by atoms with E-state index in [0.717, 1.165) is 61.0 Å². The maximum absolute atomic E-state index is 13.6. The minimum absolute atomic E-state index is 0.0474. The molecule has 6 nitrogen and oxygen atoms in total. The van der Waals surface area contributed by atoms with Gasteiger partial charge in [-0.05, 0) is 60.8 Å². The van der Waals surface area contributed by atoms with Crippen molar-refractivity contribution < 1.29 is 4.39 Å². The Balaban J connectivity index is 2.23. The standard InChI is InChI=1S/C35H57FN6S/c1-10-13-19-32(12-3)41(8)35-37-25-30(22-23-40(7)42(9)33-20-15-17-31(36)18-16-21-33)34(26-39(35)6)38-29(5)28(4)27-43-24-14-11-2/h14-15,17-18,21,24-25,32,34,38H,4-5,10-13,16,19-20,22-23,26-27H2,1-3,6-9H3/b17-15-,24-14-,31-18+,33-21+. The molecule has 8 heteroatoms. The molecule has 0 fully saturated rings. The molecule has 0 saturated heterocycles. The van der Waals surface area contributed by atoms with Gasteiger partial charge in [0.25, 0.3) is 0 Å². The summed E-state index contributed by atoms with van der Waals surface area (Å²) >= 11 is 1.75. The van der Waals surface area contributed by atoms with Crippen LogP contribution < -0.4 is 5.32 Å². The summed E-state index contributed by atoms with van der Waals surface area (Å²) in [5.41, 5.74) is 4.28. The van der Waals surface area contributed by atoms with Crippen LogP contribution in [-0.2, 0) is 0 Å². The van der Waals surface area contributed by atoms with Gasteiger partial charge in [0.15, 0.2) is 0 Å². The number of unbranched alkanes of at least 4 members (excludes halogenated alkanes) is 1. The molecule has 2 unspecified atom stereocenters. The van der Waals surface area contributed by atoms with E-state index in [1.807, 2.05) is 6.08 Å². The Morgan fingerprint density at radius 2 is 2.00 bits per heavy atom. The molecule has 1 N–H and O–H groups in total. The smallest absolute Gasteiger partial charge is 0.201 e. The van der Waals surface area contributed by atoms with Crippen molar-refractivity contribution in [3.8, 4) is 0 Å². The van der Waals surface area contributed by atoms with Crippen molar-refractivity contribution in [2.75, 3.05) is 47.0 Å². The molecule has 0 bridgehead atoms. The molecule has 1 aliphatic carbocycles. The first-order chi connectivity index (χ1) is 20.6. The molecule has 2 aliphatic rings. The number of guanidine groups is 1. The van der Waals surface area contributed by atoms with Gasteiger partial charge in [-0.3, -0.25) is 0 Å². The fraction of sp³-hybridized carbons (Fsp3) is 0.571. The summed E-state index contributed by atoms with van der Waals surface area (Å²) in [7, 11) is 8.51. The van der Waals surface area contributed by atoms with Crippen molar-refractivity contribution in [2.24, 2.45) is 4.99 Å². The molecule has 0 saturated carbocycles. The summed E-state index contributed by atoms with van der Waals surface area (Å²) in [4.78, 5) is 9.72. The molecule has 0 aromatic carbocycles. The number of aliphatic imine (C=N–C) groups is 1. The maximum Gasteiger partial charge on any atom is 0.201 e. The molecular formula is C35H57FN6S. The maximum atomic E-state index is 13.6. The summed E-state index contributed by atoms with van der Waals surface area (Å²) in [6.45, 7) is 16.9. The molecule has 43 heavy (non-hydrogen) atoms. The van der Waals surface area contributed by atoms with Gasteiger partial charge >= 0.3 is 0 Å². The second kappa shape index (κ2) is 19.5. The highest BCUT2D eigenvalue weighted by Crippen LogP contribution is 2.22. The van der Waals surface area contributed by atoms with Crippen molar-refractivity contribution in [2.45, 2.75) is 84.2 Å². The number of rotatable bonds is 17. The van der Waals surface area contributed by atoms with Gasteiger partial charge in [-0.1, -0.05) is 65.0 Å². The first-order valence-corrected chi connectivity index (χ1v) is 16.9. The highest BCUT2D eigenvalue weighted by Gasteiger charge is 2.27. The average Bonchev–Trinajstić information content (AvgIpc) is 3.13. The number of allylic oxidation sites excluding steroid dienone is 7. The van der Waals surface area contributed by atoms with Crippen LogP contribution in [0.2, 0.25) is 0 Å². The highest BCUT2D eigenvalue weighted by molar-refractivity contribution is 8.02. The van der Waals surface area contributed by atoms with E-state index < -0.39 is 0 Å². The largest absolute Gasteiger partial charge is 0.377 e. The van der Waals surface area contributed by atoms with Crippen molar-refractivity contribution in [3.63, 3.8) is 0 Å².